The predicted molar refractivity (Wildman–Crippen MR) is 178 cm³/mol. The molecule has 2 aromatic carbocycles. The van der Waals surface area contributed by atoms with Crippen molar-refractivity contribution in [1.29, 1.82) is 0 Å². The van der Waals surface area contributed by atoms with Gasteiger partial charge in [0.25, 0.3) is 0 Å². The average molecular weight is 696 g/mol. The van der Waals surface area contributed by atoms with E-state index in [9.17, 15) is 26.4 Å². The molecule has 1 N–H and O–H groups in total. The van der Waals surface area contributed by atoms with Crippen LogP contribution in [0.2, 0.25) is 0 Å². The van der Waals surface area contributed by atoms with Gasteiger partial charge in [-0.2, -0.15) is 4.31 Å². The molecule has 2 aliphatic heterocycles. The Morgan fingerprint density at radius 2 is 1.64 bits per heavy atom. The van der Waals surface area contributed by atoms with Crippen LogP contribution in [0.5, 0.6) is 5.75 Å². The molecule has 0 saturated carbocycles. The Labute approximate surface area is 279 Å². The molecule has 2 fully saturated rings. The lowest BCUT2D eigenvalue weighted by Gasteiger charge is -2.39. The molecule has 47 heavy (non-hydrogen) atoms. The zero-order valence-electron chi connectivity index (χ0n) is 27.3. The lowest BCUT2D eigenvalue weighted by Crippen LogP contribution is -2.60. The maximum absolute atomic E-state index is 13.8. The molecule has 2 aliphatic rings. The van der Waals surface area contributed by atoms with Crippen LogP contribution >= 0.6 is 11.3 Å². The first-order valence-corrected chi connectivity index (χ1v) is 18.4. The summed E-state index contributed by atoms with van der Waals surface area (Å²) in [5.74, 6) is -1.00. The number of piperazine rings is 1. The van der Waals surface area contributed by atoms with Crippen LogP contribution < -0.4 is 15.0 Å². The van der Waals surface area contributed by atoms with Gasteiger partial charge in [-0.15, -0.1) is 24.5 Å². The quantitative estimate of drug-likeness (QED) is 0.258. The zero-order chi connectivity index (χ0) is 34.2. The second-order valence-corrected chi connectivity index (χ2v) is 14.3. The van der Waals surface area contributed by atoms with Crippen LogP contribution in [-0.4, -0.2) is 73.6 Å². The Kier molecular flexibility index (Phi) is 12.7. The van der Waals surface area contributed by atoms with Gasteiger partial charge in [0, 0.05) is 37.6 Å². The molecule has 0 unspecified atom stereocenters. The molecule has 0 radical (unpaired) electrons. The minimum Gasteiger partial charge on any atom is -0.406 e. The summed E-state index contributed by atoms with van der Waals surface area (Å²) in [6.45, 7) is 11.6. The third kappa shape index (κ3) is 9.68. The van der Waals surface area contributed by atoms with Gasteiger partial charge in [0.05, 0.1) is 10.6 Å². The summed E-state index contributed by atoms with van der Waals surface area (Å²) in [6, 6.07) is 10.8. The number of hydrogen-bond donors (Lipinski definition) is 1. The van der Waals surface area contributed by atoms with Crippen LogP contribution in [0.1, 0.15) is 61.7 Å². The highest BCUT2D eigenvalue weighted by Crippen LogP contribution is 2.32. The maximum Gasteiger partial charge on any atom is 0.573 e. The van der Waals surface area contributed by atoms with E-state index in [2.05, 4.69) is 21.9 Å². The van der Waals surface area contributed by atoms with E-state index in [1.54, 1.807) is 11.3 Å². The molecule has 3 heterocycles. The van der Waals surface area contributed by atoms with E-state index in [0.29, 0.717) is 6.54 Å². The third-order valence-electron chi connectivity index (χ3n) is 8.04. The van der Waals surface area contributed by atoms with E-state index >= 15 is 0 Å². The fourth-order valence-corrected chi connectivity index (χ4v) is 8.36. The highest BCUT2D eigenvalue weighted by Gasteiger charge is 2.41. The fraction of sp³-hybridized carbons (Fsp3) is 0.515. The van der Waals surface area contributed by atoms with E-state index in [1.165, 1.54) is 18.4 Å². The van der Waals surface area contributed by atoms with Crippen molar-refractivity contribution in [3.8, 4) is 5.75 Å². The molecule has 258 valence electrons. The van der Waals surface area contributed by atoms with Gasteiger partial charge in [-0.3, -0.25) is 9.69 Å². The van der Waals surface area contributed by atoms with E-state index in [-0.39, 0.29) is 24.5 Å². The molecule has 9 nitrogen and oxygen atoms in total. The fourth-order valence-electron chi connectivity index (χ4n) is 5.65. The first-order valence-electron chi connectivity index (χ1n) is 16.1. The smallest absolute Gasteiger partial charge is 0.406 e. The van der Waals surface area contributed by atoms with Gasteiger partial charge in [-0.25, -0.2) is 13.4 Å². The molecule has 1 aromatic heterocycles. The van der Waals surface area contributed by atoms with Crippen molar-refractivity contribution in [1.82, 2.24) is 19.5 Å². The summed E-state index contributed by atoms with van der Waals surface area (Å²) in [6.07, 6.45) is -0.567. The van der Waals surface area contributed by atoms with Crippen LogP contribution in [0.4, 0.5) is 18.3 Å². The van der Waals surface area contributed by atoms with Crippen molar-refractivity contribution in [2.45, 2.75) is 83.8 Å². The highest BCUT2D eigenvalue weighted by molar-refractivity contribution is 7.89. The first-order chi connectivity index (χ1) is 22.4. The number of nitrogens with one attached hydrogen (secondary N) is 1. The van der Waals surface area contributed by atoms with Crippen molar-refractivity contribution in [3.63, 3.8) is 0 Å². The Bertz CT molecular complexity index is 1560. The van der Waals surface area contributed by atoms with Gasteiger partial charge >= 0.3 is 6.36 Å². The summed E-state index contributed by atoms with van der Waals surface area (Å²) < 4.78 is 70.6. The van der Waals surface area contributed by atoms with E-state index in [1.807, 2.05) is 49.9 Å². The number of nitrogens with zero attached hydrogens (tertiary/aromatic N) is 4. The van der Waals surface area contributed by atoms with Gasteiger partial charge in [0.1, 0.15) is 11.8 Å². The number of aryl methyl sites for hydroxylation is 2. The molecule has 0 aliphatic carbocycles. The Morgan fingerprint density at radius 3 is 2.26 bits per heavy atom. The number of anilines is 1. The van der Waals surface area contributed by atoms with Crippen molar-refractivity contribution in [2.24, 2.45) is 0 Å². The Morgan fingerprint density at radius 1 is 1.00 bits per heavy atom. The summed E-state index contributed by atoms with van der Waals surface area (Å²) in [7, 11) is -4.25. The lowest BCUT2D eigenvalue weighted by molar-refractivity contribution is -0.274. The maximum atomic E-state index is 13.8. The second kappa shape index (κ2) is 16.3. The zero-order valence-corrected chi connectivity index (χ0v) is 29.0. The monoisotopic (exact) mass is 695 g/mol. The van der Waals surface area contributed by atoms with E-state index in [4.69, 9.17) is 4.98 Å². The predicted octanol–water partition coefficient (Wildman–Crippen LogP) is 6.12. The van der Waals surface area contributed by atoms with Crippen molar-refractivity contribution >= 4 is 32.4 Å². The SMILES string of the molecule is CC.CCCc1ccc(CNC(=O)[C@H]2CN(c3nc(C)c(CN4CCCC4)s3)CCN2S(=O)(=O)c2ccc(OC(F)(F)F)cc2)cc1. The van der Waals surface area contributed by atoms with Gasteiger partial charge in [0.15, 0.2) is 5.13 Å². The molecule has 0 spiro atoms. The number of hydrogen-bond acceptors (Lipinski definition) is 8. The molecule has 5 rings (SSSR count). The highest BCUT2D eigenvalue weighted by atomic mass is 32.2. The Balaban J connectivity index is 0.00000245. The lowest BCUT2D eigenvalue weighted by atomic mass is 10.1. The Hall–Kier alpha value is -3.20. The summed E-state index contributed by atoms with van der Waals surface area (Å²) >= 11 is 1.56. The number of thiazole rings is 1. The molecule has 3 aromatic rings. The number of likely N-dealkylation sites (tertiary alicyclic amines) is 1. The summed E-state index contributed by atoms with van der Waals surface area (Å²) in [5.41, 5.74) is 3.00. The first kappa shape index (κ1) is 36.6. The number of carbonyl (C=O) groups excluding carboxylic acids is 1. The molecule has 1 amide bonds. The average Bonchev–Trinajstić information content (AvgIpc) is 3.70. The number of halogens is 3. The van der Waals surface area contributed by atoms with Crippen LogP contribution in [0, 0.1) is 6.92 Å². The van der Waals surface area contributed by atoms with Crippen molar-refractivity contribution < 1.29 is 31.1 Å². The molecule has 2 saturated heterocycles. The van der Waals surface area contributed by atoms with Gasteiger partial charge in [-0.05, 0) is 74.7 Å². The minimum absolute atomic E-state index is 0.00692. The van der Waals surface area contributed by atoms with Gasteiger partial charge in [0.2, 0.25) is 15.9 Å². The van der Waals surface area contributed by atoms with E-state index < -0.39 is 34.1 Å². The van der Waals surface area contributed by atoms with Crippen LogP contribution in [0.15, 0.2) is 53.4 Å². The summed E-state index contributed by atoms with van der Waals surface area (Å²) in [5, 5.41) is 3.64. The molecule has 0 bridgehead atoms. The standard InChI is InChI=1S/C31H38F3N5O4S2.C2H6/c1-3-6-23-7-9-24(10-8-23)19-35-29(40)27-20-38(30-36-22(2)28(44-30)21-37-15-4-5-16-37)17-18-39(27)45(41,42)26-13-11-25(12-14-26)43-31(32,33)34;1-2/h7-14,27H,3-6,15-21H2,1-2H3,(H,35,40);1-2H3/t27-;/m1./s1. The van der Waals surface area contributed by atoms with Crippen LogP contribution in [0.3, 0.4) is 0 Å². The van der Waals surface area contributed by atoms with E-state index in [0.717, 1.165) is 82.3 Å². The summed E-state index contributed by atoms with van der Waals surface area (Å²) in [4.78, 5) is 23.7. The normalized spacial score (nSPS) is 17.7. The molecular weight excluding hydrogens is 652 g/mol. The number of benzene rings is 2. The minimum atomic E-state index is -4.90. The molecular formula is C33H44F3N5O4S2. The number of amides is 1. The number of sulfonamides is 1. The van der Waals surface area contributed by atoms with Crippen LogP contribution in [0.25, 0.3) is 0 Å². The largest absolute Gasteiger partial charge is 0.573 e. The number of carbonyl (C=O) groups is 1. The van der Waals surface area contributed by atoms with Crippen LogP contribution in [-0.2, 0) is 34.3 Å². The number of aromatic nitrogens is 1. The molecule has 14 heteroatoms. The molecule has 1 atom stereocenters. The number of rotatable bonds is 11. The van der Waals surface area contributed by atoms with Gasteiger partial charge < -0.3 is 15.0 Å². The van der Waals surface area contributed by atoms with Crippen molar-refractivity contribution in [3.05, 3.63) is 70.2 Å². The topological polar surface area (TPSA) is 95.1 Å². The van der Waals surface area contributed by atoms with Crippen molar-refractivity contribution in [2.75, 3.05) is 37.6 Å². The number of alkyl halides is 3. The number of ether oxygens (including phenoxy) is 1. The second-order valence-electron chi connectivity index (χ2n) is 11.4. The van der Waals surface area contributed by atoms with Gasteiger partial charge in [-0.1, -0.05) is 51.5 Å². The third-order valence-corrected chi connectivity index (χ3v) is 11.2.